The van der Waals surface area contributed by atoms with Gasteiger partial charge >= 0.3 is 5.97 Å². The summed E-state index contributed by atoms with van der Waals surface area (Å²) in [6.45, 7) is 3.18. The number of amides is 1. The molecule has 0 radical (unpaired) electrons. The summed E-state index contributed by atoms with van der Waals surface area (Å²) in [6, 6.07) is 19.7. The van der Waals surface area contributed by atoms with Gasteiger partial charge in [0, 0.05) is 5.69 Å². The van der Waals surface area contributed by atoms with Crippen LogP contribution in [0, 0.1) is 13.8 Å². The van der Waals surface area contributed by atoms with Crippen molar-refractivity contribution in [2.75, 3.05) is 23.3 Å². The monoisotopic (exact) mass is 452 g/mol. The number of carbonyl (C=O) groups excluding carboxylic acids is 2. The molecular weight excluding hydrogens is 428 g/mol. The van der Waals surface area contributed by atoms with Gasteiger partial charge in [0.15, 0.2) is 0 Å². The van der Waals surface area contributed by atoms with Crippen LogP contribution in [-0.2, 0) is 19.6 Å². The molecule has 0 atom stereocenters. The summed E-state index contributed by atoms with van der Waals surface area (Å²) >= 11 is 0. The van der Waals surface area contributed by atoms with Crippen LogP contribution in [0.5, 0.6) is 0 Å². The van der Waals surface area contributed by atoms with Crippen molar-refractivity contribution in [3.05, 3.63) is 89.5 Å². The van der Waals surface area contributed by atoms with Crippen LogP contribution in [0.3, 0.4) is 0 Å². The number of rotatable bonds is 7. The SMILES string of the molecule is COC(=O)c1ccc(C)c(NC(=O)CN(c2cccc(C)c2)S(=O)(=O)c2ccccc2)c1. The summed E-state index contributed by atoms with van der Waals surface area (Å²) < 4.78 is 32.5. The Morgan fingerprint density at radius 2 is 1.66 bits per heavy atom. The average molecular weight is 453 g/mol. The van der Waals surface area contributed by atoms with E-state index in [1.165, 1.54) is 25.3 Å². The molecule has 0 saturated carbocycles. The van der Waals surface area contributed by atoms with Crippen molar-refractivity contribution in [3.63, 3.8) is 0 Å². The van der Waals surface area contributed by atoms with E-state index in [1.807, 2.05) is 13.0 Å². The van der Waals surface area contributed by atoms with E-state index in [0.717, 1.165) is 15.4 Å². The molecule has 0 heterocycles. The lowest BCUT2D eigenvalue weighted by Gasteiger charge is -2.24. The van der Waals surface area contributed by atoms with Gasteiger partial charge in [0.1, 0.15) is 6.54 Å². The van der Waals surface area contributed by atoms with Gasteiger partial charge in [-0.05, 0) is 61.4 Å². The Kier molecular flexibility index (Phi) is 6.95. The van der Waals surface area contributed by atoms with Crippen molar-refractivity contribution in [1.82, 2.24) is 0 Å². The molecule has 0 spiro atoms. The molecule has 0 unspecified atom stereocenters. The van der Waals surface area contributed by atoms with E-state index in [4.69, 9.17) is 4.74 Å². The molecule has 7 nitrogen and oxygen atoms in total. The molecule has 1 N–H and O–H groups in total. The third-order valence-corrected chi connectivity index (χ3v) is 6.63. The number of sulfonamides is 1. The van der Waals surface area contributed by atoms with Gasteiger partial charge in [-0.15, -0.1) is 0 Å². The van der Waals surface area contributed by atoms with Gasteiger partial charge in [-0.1, -0.05) is 36.4 Å². The van der Waals surface area contributed by atoms with Crippen molar-refractivity contribution >= 4 is 33.3 Å². The number of hydrogen-bond acceptors (Lipinski definition) is 5. The van der Waals surface area contributed by atoms with E-state index in [1.54, 1.807) is 55.5 Å². The zero-order valence-electron chi connectivity index (χ0n) is 18.0. The van der Waals surface area contributed by atoms with Gasteiger partial charge in [0.2, 0.25) is 5.91 Å². The first-order chi connectivity index (χ1) is 15.2. The number of anilines is 2. The highest BCUT2D eigenvalue weighted by Crippen LogP contribution is 2.25. The van der Waals surface area contributed by atoms with Gasteiger partial charge in [-0.25, -0.2) is 13.2 Å². The Labute approximate surface area is 187 Å². The summed E-state index contributed by atoms with van der Waals surface area (Å²) in [7, 11) is -2.72. The maximum atomic E-state index is 13.4. The molecule has 166 valence electrons. The van der Waals surface area contributed by atoms with Gasteiger partial charge < -0.3 is 10.1 Å². The zero-order valence-corrected chi connectivity index (χ0v) is 18.8. The highest BCUT2D eigenvalue weighted by Gasteiger charge is 2.27. The molecule has 0 aliphatic heterocycles. The van der Waals surface area contributed by atoms with Crippen LogP contribution in [0.4, 0.5) is 11.4 Å². The second kappa shape index (κ2) is 9.65. The first kappa shape index (κ1) is 23.0. The number of benzene rings is 3. The topological polar surface area (TPSA) is 92.8 Å². The van der Waals surface area contributed by atoms with Gasteiger partial charge in [-0.2, -0.15) is 0 Å². The van der Waals surface area contributed by atoms with Crippen molar-refractivity contribution < 1.29 is 22.7 Å². The zero-order chi connectivity index (χ0) is 23.3. The lowest BCUT2D eigenvalue weighted by Crippen LogP contribution is -2.38. The normalized spacial score (nSPS) is 11.0. The van der Waals surface area contributed by atoms with Crippen LogP contribution in [0.25, 0.3) is 0 Å². The van der Waals surface area contributed by atoms with Crippen molar-refractivity contribution in [2.24, 2.45) is 0 Å². The Bertz CT molecular complexity index is 1240. The first-order valence-electron chi connectivity index (χ1n) is 9.85. The molecule has 8 heteroatoms. The maximum absolute atomic E-state index is 13.4. The summed E-state index contributed by atoms with van der Waals surface area (Å²) in [5.74, 6) is -1.08. The van der Waals surface area contributed by atoms with Crippen molar-refractivity contribution in [2.45, 2.75) is 18.7 Å². The summed E-state index contributed by atoms with van der Waals surface area (Å²) in [4.78, 5) is 24.8. The molecule has 3 aromatic rings. The summed E-state index contributed by atoms with van der Waals surface area (Å²) in [5.41, 5.74) is 2.64. The Hall–Kier alpha value is -3.65. The number of ether oxygens (including phenoxy) is 1. The molecule has 0 fully saturated rings. The van der Waals surface area contributed by atoms with E-state index in [0.29, 0.717) is 11.4 Å². The number of nitrogens with zero attached hydrogens (tertiary/aromatic N) is 1. The van der Waals surface area contributed by atoms with E-state index >= 15 is 0 Å². The van der Waals surface area contributed by atoms with Crippen LogP contribution >= 0.6 is 0 Å². The van der Waals surface area contributed by atoms with E-state index < -0.39 is 28.4 Å². The number of nitrogens with one attached hydrogen (secondary N) is 1. The molecule has 32 heavy (non-hydrogen) atoms. The number of carbonyl (C=O) groups is 2. The number of esters is 1. The van der Waals surface area contributed by atoms with Crippen LogP contribution in [-0.4, -0.2) is 33.9 Å². The van der Waals surface area contributed by atoms with Crippen LogP contribution < -0.4 is 9.62 Å². The highest BCUT2D eigenvalue weighted by atomic mass is 32.2. The minimum atomic E-state index is -4.00. The second-order valence-electron chi connectivity index (χ2n) is 7.23. The third-order valence-electron chi connectivity index (χ3n) is 4.84. The Balaban J connectivity index is 1.94. The molecule has 3 aromatic carbocycles. The Morgan fingerprint density at radius 3 is 2.31 bits per heavy atom. The fraction of sp³-hybridized carbons (Fsp3) is 0.167. The standard InChI is InChI=1S/C24H24N2O5S/c1-17-8-7-9-20(14-17)26(32(29,30)21-10-5-4-6-11-21)16-23(27)25-22-15-19(24(28)31-3)13-12-18(22)2/h4-15H,16H2,1-3H3,(H,25,27). The number of hydrogen-bond donors (Lipinski definition) is 1. The van der Waals surface area contributed by atoms with Gasteiger partial charge in [0.05, 0.1) is 23.3 Å². The maximum Gasteiger partial charge on any atom is 0.337 e. The second-order valence-corrected chi connectivity index (χ2v) is 9.10. The predicted molar refractivity (Wildman–Crippen MR) is 123 cm³/mol. The summed E-state index contributed by atoms with van der Waals surface area (Å²) in [5, 5.41) is 2.72. The fourth-order valence-corrected chi connectivity index (χ4v) is 4.57. The van der Waals surface area contributed by atoms with E-state index in [9.17, 15) is 18.0 Å². The van der Waals surface area contributed by atoms with Gasteiger partial charge in [-0.3, -0.25) is 9.10 Å². The quantitative estimate of drug-likeness (QED) is 0.549. The molecule has 0 aromatic heterocycles. The fourth-order valence-electron chi connectivity index (χ4n) is 3.14. The molecular formula is C24H24N2O5S. The molecule has 0 bridgehead atoms. The van der Waals surface area contributed by atoms with Crippen LogP contribution in [0.15, 0.2) is 77.7 Å². The molecule has 1 amide bonds. The minimum absolute atomic E-state index is 0.0816. The number of aryl methyl sites for hydroxylation is 2. The molecule has 3 rings (SSSR count). The first-order valence-corrected chi connectivity index (χ1v) is 11.3. The van der Waals surface area contributed by atoms with Crippen molar-refractivity contribution in [3.8, 4) is 0 Å². The molecule has 0 aliphatic rings. The average Bonchev–Trinajstić information content (AvgIpc) is 2.79. The largest absolute Gasteiger partial charge is 0.465 e. The molecule has 0 saturated heterocycles. The minimum Gasteiger partial charge on any atom is -0.465 e. The van der Waals surface area contributed by atoms with Crippen molar-refractivity contribution in [1.29, 1.82) is 0 Å². The summed E-state index contributed by atoms with van der Waals surface area (Å²) in [6.07, 6.45) is 0. The van der Waals surface area contributed by atoms with E-state index in [-0.39, 0.29) is 10.5 Å². The lowest BCUT2D eigenvalue weighted by atomic mass is 10.1. The highest BCUT2D eigenvalue weighted by molar-refractivity contribution is 7.92. The van der Waals surface area contributed by atoms with Crippen LogP contribution in [0.2, 0.25) is 0 Å². The Morgan fingerprint density at radius 1 is 0.938 bits per heavy atom. The lowest BCUT2D eigenvalue weighted by molar-refractivity contribution is -0.114. The predicted octanol–water partition coefficient (Wildman–Crippen LogP) is 3.92. The number of methoxy groups -OCH3 is 1. The smallest absolute Gasteiger partial charge is 0.337 e. The third kappa shape index (κ3) is 5.15. The van der Waals surface area contributed by atoms with Gasteiger partial charge in [0.25, 0.3) is 10.0 Å². The van der Waals surface area contributed by atoms with E-state index in [2.05, 4.69) is 5.32 Å². The van der Waals surface area contributed by atoms with Crippen LogP contribution in [0.1, 0.15) is 21.5 Å². The molecule has 0 aliphatic carbocycles.